The van der Waals surface area contributed by atoms with Crippen molar-refractivity contribution < 1.29 is 9.84 Å². The van der Waals surface area contributed by atoms with E-state index in [-0.39, 0.29) is 0 Å². The van der Waals surface area contributed by atoms with Crippen molar-refractivity contribution in [1.82, 2.24) is 4.98 Å². The summed E-state index contributed by atoms with van der Waals surface area (Å²) in [5.41, 5.74) is 1.86. The smallest absolute Gasteiger partial charge is 0.0791 e. The summed E-state index contributed by atoms with van der Waals surface area (Å²) in [5.74, 6) is 0. The standard InChI is InChI=1S/C15H19NO2/c1-2-18-10-4-6-15(17)13-8-7-12-5-3-9-16-14(12)11-13/h3,5,7-9,11,15,17H,2,4,6,10H2,1H3. The van der Waals surface area contributed by atoms with Gasteiger partial charge in [-0.3, -0.25) is 4.98 Å². The Morgan fingerprint density at radius 3 is 3.06 bits per heavy atom. The number of rotatable bonds is 6. The Morgan fingerprint density at radius 2 is 2.22 bits per heavy atom. The van der Waals surface area contributed by atoms with Crippen LogP contribution >= 0.6 is 0 Å². The van der Waals surface area contributed by atoms with Crippen molar-refractivity contribution in [3.8, 4) is 0 Å². The summed E-state index contributed by atoms with van der Waals surface area (Å²) in [6, 6.07) is 9.87. The normalized spacial score (nSPS) is 12.8. The molecule has 1 aromatic carbocycles. The first-order valence-electron chi connectivity index (χ1n) is 6.41. The number of benzene rings is 1. The molecule has 0 radical (unpaired) electrons. The first-order valence-corrected chi connectivity index (χ1v) is 6.41. The molecule has 96 valence electrons. The van der Waals surface area contributed by atoms with Gasteiger partial charge in [0.15, 0.2) is 0 Å². The summed E-state index contributed by atoms with van der Waals surface area (Å²) in [6.45, 7) is 3.42. The summed E-state index contributed by atoms with van der Waals surface area (Å²) >= 11 is 0. The maximum atomic E-state index is 10.1. The fourth-order valence-corrected chi connectivity index (χ4v) is 1.98. The van der Waals surface area contributed by atoms with E-state index < -0.39 is 6.10 Å². The highest BCUT2D eigenvalue weighted by molar-refractivity contribution is 5.78. The van der Waals surface area contributed by atoms with Crippen molar-refractivity contribution in [3.05, 3.63) is 42.1 Å². The fraction of sp³-hybridized carbons (Fsp3) is 0.400. The van der Waals surface area contributed by atoms with Gasteiger partial charge >= 0.3 is 0 Å². The number of aliphatic hydroxyl groups is 1. The summed E-state index contributed by atoms with van der Waals surface area (Å²) in [6.07, 6.45) is 2.93. The second kappa shape index (κ2) is 6.47. The zero-order valence-corrected chi connectivity index (χ0v) is 10.7. The molecular weight excluding hydrogens is 226 g/mol. The molecule has 3 heteroatoms. The second-order valence-electron chi connectivity index (χ2n) is 4.31. The van der Waals surface area contributed by atoms with E-state index in [0.717, 1.165) is 35.9 Å². The highest BCUT2D eigenvalue weighted by Crippen LogP contribution is 2.22. The lowest BCUT2D eigenvalue weighted by molar-refractivity contribution is 0.114. The molecule has 0 aliphatic heterocycles. The van der Waals surface area contributed by atoms with Gasteiger partial charge in [0.25, 0.3) is 0 Å². The van der Waals surface area contributed by atoms with Gasteiger partial charge in [0.1, 0.15) is 0 Å². The number of aliphatic hydroxyl groups excluding tert-OH is 1. The Balaban J connectivity index is 2.01. The van der Waals surface area contributed by atoms with Gasteiger partial charge in [0.05, 0.1) is 11.6 Å². The molecule has 1 atom stereocenters. The van der Waals surface area contributed by atoms with Gasteiger partial charge in [0.2, 0.25) is 0 Å². The first kappa shape index (κ1) is 13.0. The summed E-state index contributed by atoms with van der Waals surface area (Å²) in [4.78, 5) is 4.30. The summed E-state index contributed by atoms with van der Waals surface area (Å²) < 4.78 is 5.27. The van der Waals surface area contributed by atoms with Crippen LogP contribution in [0.15, 0.2) is 36.5 Å². The molecule has 3 nitrogen and oxygen atoms in total. The predicted molar refractivity (Wildman–Crippen MR) is 72.4 cm³/mol. The van der Waals surface area contributed by atoms with Crippen molar-refractivity contribution in [2.75, 3.05) is 13.2 Å². The lowest BCUT2D eigenvalue weighted by Gasteiger charge is -2.11. The molecule has 0 fully saturated rings. The Morgan fingerprint density at radius 1 is 1.33 bits per heavy atom. The molecule has 1 unspecified atom stereocenters. The number of hydrogen-bond donors (Lipinski definition) is 1. The van der Waals surface area contributed by atoms with Crippen LogP contribution in [0.4, 0.5) is 0 Å². The SMILES string of the molecule is CCOCCCC(O)c1ccc2cccnc2c1. The molecule has 1 N–H and O–H groups in total. The van der Waals surface area contributed by atoms with E-state index in [1.807, 2.05) is 37.3 Å². The van der Waals surface area contributed by atoms with Gasteiger partial charge in [-0.05, 0) is 37.5 Å². The van der Waals surface area contributed by atoms with Crippen molar-refractivity contribution in [2.45, 2.75) is 25.9 Å². The average Bonchev–Trinajstić information content (AvgIpc) is 2.43. The number of pyridine rings is 1. The van der Waals surface area contributed by atoms with Gasteiger partial charge in [0, 0.05) is 24.8 Å². The Hall–Kier alpha value is -1.45. The topological polar surface area (TPSA) is 42.4 Å². The van der Waals surface area contributed by atoms with Crippen LogP contribution in [0.1, 0.15) is 31.4 Å². The third-order valence-corrected chi connectivity index (χ3v) is 2.99. The number of aromatic nitrogens is 1. The molecule has 18 heavy (non-hydrogen) atoms. The van der Waals surface area contributed by atoms with Crippen LogP contribution in [0.2, 0.25) is 0 Å². The maximum Gasteiger partial charge on any atom is 0.0791 e. The molecule has 2 rings (SSSR count). The van der Waals surface area contributed by atoms with Crippen LogP contribution in [-0.4, -0.2) is 23.3 Å². The lowest BCUT2D eigenvalue weighted by atomic mass is 10.0. The van der Waals surface area contributed by atoms with E-state index in [4.69, 9.17) is 4.74 Å². The van der Waals surface area contributed by atoms with Crippen molar-refractivity contribution in [1.29, 1.82) is 0 Å². The third-order valence-electron chi connectivity index (χ3n) is 2.99. The van der Waals surface area contributed by atoms with Crippen LogP contribution < -0.4 is 0 Å². The van der Waals surface area contributed by atoms with Gasteiger partial charge in [-0.15, -0.1) is 0 Å². The molecule has 0 spiro atoms. The van der Waals surface area contributed by atoms with Crippen LogP contribution in [0.5, 0.6) is 0 Å². The Bertz CT molecular complexity index is 499. The van der Waals surface area contributed by atoms with Crippen LogP contribution in [0.3, 0.4) is 0 Å². The van der Waals surface area contributed by atoms with Crippen molar-refractivity contribution in [2.24, 2.45) is 0 Å². The molecule has 0 aliphatic rings. The maximum absolute atomic E-state index is 10.1. The molecule has 0 saturated carbocycles. The molecule has 0 aliphatic carbocycles. The van der Waals surface area contributed by atoms with E-state index in [2.05, 4.69) is 4.98 Å². The van der Waals surface area contributed by atoms with Gasteiger partial charge < -0.3 is 9.84 Å². The Kier molecular flexibility index (Phi) is 4.67. The minimum absolute atomic E-state index is 0.433. The minimum atomic E-state index is -0.433. The number of fused-ring (bicyclic) bond motifs is 1. The molecule has 1 heterocycles. The predicted octanol–water partition coefficient (Wildman–Crippen LogP) is 3.08. The number of ether oxygens (including phenoxy) is 1. The molecule has 1 aromatic heterocycles. The van der Waals surface area contributed by atoms with Crippen LogP contribution in [0, 0.1) is 0 Å². The van der Waals surface area contributed by atoms with E-state index in [9.17, 15) is 5.11 Å². The van der Waals surface area contributed by atoms with E-state index in [1.54, 1.807) is 6.20 Å². The van der Waals surface area contributed by atoms with Crippen molar-refractivity contribution >= 4 is 10.9 Å². The van der Waals surface area contributed by atoms with E-state index in [1.165, 1.54) is 0 Å². The van der Waals surface area contributed by atoms with Gasteiger partial charge in [-0.2, -0.15) is 0 Å². The van der Waals surface area contributed by atoms with Crippen LogP contribution in [0.25, 0.3) is 10.9 Å². The second-order valence-corrected chi connectivity index (χ2v) is 4.31. The lowest BCUT2D eigenvalue weighted by Crippen LogP contribution is -2.01. The average molecular weight is 245 g/mol. The summed E-state index contributed by atoms with van der Waals surface area (Å²) in [7, 11) is 0. The number of nitrogens with zero attached hydrogens (tertiary/aromatic N) is 1. The molecule has 0 saturated heterocycles. The van der Waals surface area contributed by atoms with Gasteiger partial charge in [-0.25, -0.2) is 0 Å². The fourth-order valence-electron chi connectivity index (χ4n) is 1.98. The zero-order chi connectivity index (χ0) is 12.8. The quantitative estimate of drug-likeness (QED) is 0.795. The highest BCUT2D eigenvalue weighted by atomic mass is 16.5. The van der Waals surface area contributed by atoms with E-state index >= 15 is 0 Å². The van der Waals surface area contributed by atoms with Gasteiger partial charge in [-0.1, -0.05) is 18.2 Å². The van der Waals surface area contributed by atoms with Crippen molar-refractivity contribution in [3.63, 3.8) is 0 Å². The highest BCUT2D eigenvalue weighted by Gasteiger charge is 2.08. The van der Waals surface area contributed by atoms with Crippen LogP contribution in [-0.2, 0) is 4.74 Å². The molecule has 0 bridgehead atoms. The molecular formula is C15H19NO2. The monoisotopic (exact) mass is 245 g/mol. The Labute approximate surface area is 107 Å². The first-order chi connectivity index (χ1) is 8.81. The largest absolute Gasteiger partial charge is 0.388 e. The van der Waals surface area contributed by atoms with E-state index in [0.29, 0.717) is 6.61 Å². The number of hydrogen-bond acceptors (Lipinski definition) is 3. The molecule has 2 aromatic rings. The summed E-state index contributed by atoms with van der Waals surface area (Å²) in [5, 5.41) is 11.2. The molecule has 0 amide bonds. The zero-order valence-electron chi connectivity index (χ0n) is 10.7. The third kappa shape index (κ3) is 3.28. The minimum Gasteiger partial charge on any atom is -0.388 e.